The Kier molecular flexibility index (Phi) is 2.48. The van der Waals surface area contributed by atoms with E-state index in [1.165, 1.54) is 6.07 Å². The van der Waals surface area contributed by atoms with Crippen LogP contribution in [-0.4, -0.2) is 11.1 Å². The van der Waals surface area contributed by atoms with E-state index in [2.05, 4.69) is 0 Å². The molecule has 13 heavy (non-hydrogen) atoms. The molecular formula is C8H9FN2O2. The molecule has 0 spiro atoms. The lowest BCUT2D eigenvalue weighted by Crippen LogP contribution is -2.21. The predicted molar refractivity (Wildman–Crippen MR) is 45.4 cm³/mol. The van der Waals surface area contributed by atoms with Crippen LogP contribution >= 0.6 is 0 Å². The second kappa shape index (κ2) is 3.40. The van der Waals surface area contributed by atoms with Gasteiger partial charge in [-0.15, -0.1) is 0 Å². The number of rotatable bonds is 2. The van der Waals surface area contributed by atoms with Crippen LogP contribution in [0.1, 0.15) is 11.6 Å². The smallest absolute Gasteiger partial charge is 0.325 e. The molecule has 0 heterocycles. The van der Waals surface area contributed by atoms with Crippen molar-refractivity contribution in [1.29, 1.82) is 0 Å². The van der Waals surface area contributed by atoms with E-state index in [0.29, 0.717) is 0 Å². The van der Waals surface area contributed by atoms with Crippen LogP contribution in [0.4, 0.5) is 10.1 Å². The molecule has 0 amide bonds. The van der Waals surface area contributed by atoms with E-state index in [1.807, 2.05) is 0 Å². The number of aliphatic carboxylic acids is 1. The summed E-state index contributed by atoms with van der Waals surface area (Å²) in [4.78, 5) is 10.5. The fourth-order valence-corrected chi connectivity index (χ4v) is 0.962. The molecule has 1 unspecified atom stereocenters. The maximum Gasteiger partial charge on any atom is 0.325 e. The fraction of sp³-hybridized carbons (Fsp3) is 0.125. The Labute approximate surface area is 74.0 Å². The van der Waals surface area contributed by atoms with Crippen LogP contribution in [0.25, 0.3) is 0 Å². The van der Waals surface area contributed by atoms with Crippen LogP contribution in [0.2, 0.25) is 0 Å². The molecule has 70 valence electrons. The van der Waals surface area contributed by atoms with Crippen LogP contribution in [0, 0.1) is 5.82 Å². The molecule has 0 fully saturated rings. The van der Waals surface area contributed by atoms with Crippen molar-refractivity contribution in [3.8, 4) is 0 Å². The number of benzene rings is 1. The van der Waals surface area contributed by atoms with E-state index >= 15 is 0 Å². The number of halogens is 1. The van der Waals surface area contributed by atoms with Gasteiger partial charge in [0.05, 0.1) is 0 Å². The van der Waals surface area contributed by atoms with Gasteiger partial charge < -0.3 is 16.6 Å². The second-order valence-electron chi connectivity index (χ2n) is 2.59. The molecule has 1 aromatic carbocycles. The molecule has 1 aromatic rings. The summed E-state index contributed by atoms with van der Waals surface area (Å²) in [5.41, 5.74) is 10.9. The van der Waals surface area contributed by atoms with Crippen molar-refractivity contribution >= 4 is 11.7 Å². The molecule has 0 radical (unpaired) electrons. The number of anilines is 1. The lowest BCUT2D eigenvalue weighted by molar-refractivity contribution is -0.138. The van der Waals surface area contributed by atoms with Gasteiger partial charge in [-0.25, -0.2) is 4.39 Å². The third kappa shape index (κ3) is 1.94. The first kappa shape index (κ1) is 9.47. The molecule has 5 N–H and O–H groups in total. The number of nitrogen functional groups attached to an aromatic ring is 1. The number of carboxylic acids is 1. The summed E-state index contributed by atoms with van der Waals surface area (Å²) in [6.07, 6.45) is 0. The maximum absolute atomic E-state index is 12.5. The van der Waals surface area contributed by atoms with Gasteiger partial charge in [-0.3, -0.25) is 4.79 Å². The number of carbonyl (C=O) groups is 1. The summed E-state index contributed by atoms with van der Waals surface area (Å²) < 4.78 is 12.5. The molecule has 0 saturated carbocycles. The van der Waals surface area contributed by atoms with Crippen molar-refractivity contribution in [3.05, 3.63) is 29.6 Å². The molecule has 0 aliphatic rings. The SMILES string of the molecule is Nc1cc(F)ccc1C(N)C(=O)O. The lowest BCUT2D eigenvalue weighted by atomic mass is 10.1. The average molecular weight is 184 g/mol. The summed E-state index contributed by atoms with van der Waals surface area (Å²) in [5, 5.41) is 8.55. The highest BCUT2D eigenvalue weighted by molar-refractivity contribution is 5.77. The number of hydrogen-bond donors (Lipinski definition) is 3. The summed E-state index contributed by atoms with van der Waals surface area (Å²) in [6, 6.07) is 2.22. The molecule has 1 rings (SSSR count). The zero-order chi connectivity index (χ0) is 10.0. The first-order valence-corrected chi connectivity index (χ1v) is 3.55. The van der Waals surface area contributed by atoms with Crippen molar-refractivity contribution in [2.75, 3.05) is 5.73 Å². The van der Waals surface area contributed by atoms with Crippen molar-refractivity contribution in [1.82, 2.24) is 0 Å². The fourth-order valence-electron chi connectivity index (χ4n) is 0.962. The van der Waals surface area contributed by atoms with Gasteiger partial charge in [0, 0.05) is 11.3 Å². The van der Waals surface area contributed by atoms with Gasteiger partial charge in [0.2, 0.25) is 0 Å². The third-order valence-corrected chi connectivity index (χ3v) is 1.65. The van der Waals surface area contributed by atoms with Crippen molar-refractivity contribution < 1.29 is 14.3 Å². The Morgan fingerprint density at radius 2 is 2.15 bits per heavy atom. The zero-order valence-electron chi connectivity index (χ0n) is 6.70. The minimum atomic E-state index is -1.21. The van der Waals surface area contributed by atoms with E-state index in [1.54, 1.807) is 0 Å². The molecular weight excluding hydrogens is 175 g/mol. The molecule has 1 atom stereocenters. The lowest BCUT2D eigenvalue weighted by Gasteiger charge is -2.09. The normalized spacial score (nSPS) is 12.5. The molecule has 0 aliphatic heterocycles. The molecule has 0 bridgehead atoms. The van der Waals surface area contributed by atoms with Crippen molar-refractivity contribution in [2.24, 2.45) is 5.73 Å². The Balaban J connectivity index is 3.08. The quantitative estimate of drug-likeness (QED) is 0.583. The third-order valence-electron chi connectivity index (χ3n) is 1.65. The van der Waals surface area contributed by atoms with Crippen LogP contribution in [0.15, 0.2) is 18.2 Å². The number of carboxylic acid groups (broad SMARTS) is 1. The highest BCUT2D eigenvalue weighted by atomic mass is 19.1. The van der Waals surface area contributed by atoms with Gasteiger partial charge in [-0.2, -0.15) is 0 Å². The Hall–Kier alpha value is -1.62. The molecule has 0 aromatic heterocycles. The van der Waals surface area contributed by atoms with E-state index in [-0.39, 0.29) is 11.3 Å². The molecule has 4 nitrogen and oxygen atoms in total. The summed E-state index contributed by atoms with van der Waals surface area (Å²) in [6.45, 7) is 0. The minimum Gasteiger partial charge on any atom is -0.480 e. The van der Waals surface area contributed by atoms with E-state index in [0.717, 1.165) is 12.1 Å². The molecule has 0 saturated heterocycles. The number of nitrogens with two attached hydrogens (primary N) is 2. The maximum atomic E-state index is 12.5. The van der Waals surface area contributed by atoms with Gasteiger partial charge in [0.15, 0.2) is 0 Å². The van der Waals surface area contributed by atoms with Crippen LogP contribution in [-0.2, 0) is 4.79 Å². The Morgan fingerprint density at radius 1 is 1.54 bits per heavy atom. The highest BCUT2D eigenvalue weighted by Crippen LogP contribution is 2.19. The van der Waals surface area contributed by atoms with E-state index < -0.39 is 17.8 Å². The van der Waals surface area contributed by atoms with Crippen molar-refractivity contribution in [3.63, 3.8) is 0 Å². The highest BCUT2D eigenvalue weighted by Gasteiger charge is 2.16. The van der Waals surface area contributed by atoms with Gasteiger partial charge in [-0.05, 0) is 12.1 Å². The first-order chi connectivity index (χ1) is 6.02. The molecule has 0 aliphatic carbocycles. The second-order valence-corrected chi connectivity index (χ2v) is 2.59. The minimum absolute atomic E-state index is 0.0508. The standard InChI is InChI=1S/C8H9FN2O2/c9-4-1-2-5(6(10)3-4)7(11)8(12)13/h1-3,7H,10-11H2,(H,12,13). The summed E-state index contributed by atoms with van der Waals surface area (Å²) >= 11 is 0. The predicted octanol–water partition coefficient (Wildman–Crippen LogP) is 0.492. The van der Waals surface area contributed by atoms with Gasteiger partial charge >= 0.3 is 5.97 Å². The van der Waals surface area contributed by atoms with Gasteiger partial charge in [0.1, 0.15) is 11.9 Å². The van der Waals surface area contributed by atoms with Crippen molar-refractivity contribution in [2.45, 2.75) is 6.04 Å². The van der Waals surface area contributed by atoms with Crippen LogP contribution in [0.5, 0.6) is 0 Å². The number of hydrogen-bond acceptors (Lipinski definition) is 3. The summed E-state index contributed by atoms with van der Waals surface area (Å²) in [7, 11) is 0. The Bertz CT molecular complexity index is 341. The van der Waals surface area contributed by atoms with E-state index in [4.69, 9.17) is 16.6 Å². The monoisotopic (exact) mass is 184 g/mol. The average Bonchev–Trinajstić information content (AvgIpc) is 2.03. The summed E-state index contributed by atoms with van der Waals surface area (Å²) in [5.74, 6) is -1.71. The Morgan fingerprint density at radius 3 is 2.62 bits per heavy atom. The van der Waals surface area contributed by atoms with E-state index in [9.17, 15) is 9.18 Å². The van der Waals surface area contributed by atoms with Gasteiger partial charge in [0.25, 0.3) is 0 Å². The first-order valence-electron chi connectivity index (χ1n) is 3.55. The van der Waals surface area contributed by atoms with Crippen LogP contribution < -0.4 is 11.5 Å². The topological polar surface area (TPSA) is 89.3 Å². The van der Waals surface area contributed by atoms with Gasteiger partial charge in [-0.1, -0.05) is 6.07 Å². The largest absolute Gasteiger partial charge is 0.480 e. The molecule has 5 heteroatoms. The van der Waals surface area contributed by atoms with Crippen LogP contribution in [0.3, 0.4) is 0 Å². The zero-order valence-corrected chi connectivity index (χ0v) is 6.70.